The van der Waals surface area contributed by atoms with E-state index in [2.05, 4.69) is 23.2 Å². The van der Waals surface area contributed by atoms with Crippen molar-refractivity contribution < 1.29 is 36.2 Å². The molecule has 1 amide bonds. The topological polar surface area (TPSA) is 74.5 Å². The van der Waals surface area contributed by atoms with Gasteiger partial charge in [0.25, 0.3) is 0 Å². The van der Waals surface area contributed by atoms with Crippen LogP contribution in [0.15, 0.2) is 0 Å². The normalized spacial score (nSPS) is 5.72. The molecule has 0 aliphatic rings. The third-order valence-corrected chi connectivity index (χ3v) is 0.796. The third kappa shape index (κ3) is 282. The van der Waals surface area contributed by atoms with Crippen molar-refractivity contribution in [2.24, 2.45) is 0 Å². The average molecular weight is 344 g/mol. The molecule has 0 aromatic rings. The van der Waals surface area contributed by atoms with Gasteiger partial charge in [0.2, 0.25) is 12.1 Å². The Morgan fingerprint density at radius 1 is 1.22 bits per heavy atom. The van der Waals surface area contributed by atoms with Gasteiger partial charge in [-0.2, -0.15) is 9.59 Å². The van der Waals surface area contributed by atoms with Crippen molar-refractivity contribution in [1.29, 1.82) is 0 Å². The van der Waals surface area contributed by atoms with Crippen LogP contribution in [0.3, 0.4) is 0 Å². The first-order valence-electron chi connectivity index (χ1n) is 3.75. The van der Waals surface area contributed by atoms with Crippen LogP contribution in [0.5, 0.6) is 0 Å². The molecule has 10 heteroatoms. The minimum atomic E-state index is -0.889. The molecule has 0 aromatic heterocycles. The summed E-state index contributed by atoms with van der Waals surface area (Å²) in [5.74, 6) is 0. The van der Waals surface area contributed by atoms with Gasteiger partial charge in [0.05, 0.1) is 0 Å². The SMILES string of the molecule is CN(C)C=O.C[N+](C)=CCl.O=C(Cl)Cl.O=C=O.[Cl-]. The molecular formula is C8H14Cl4N2O4. The quantitative estimate of drug-likeness (QED) is 0.244. The van der Waals surface area contributed by atoms with Gasteiger partial charge in [0, 0.05) is 14.1 Å². The van der Waals surface area contributed by atoms with Crippen LogP contribution in [-0.2, 0) is 14.4 Å². The van der Waals surface area contributed by atoms with Crippen LogP contribution in [0, 0.1) is 0 Å². The standard InChI is InChI=1S/C3H7ClN.C3H7NO.CCl2O.CO2.ClH/c1-5(2)3-4;1-4(2)3-5;2-1(3)4;2-1-3;/h2*3H,1-2H3;;;1H/q+1;;;;/p-1. The van der Waals surface area contributed by atoms with Gasteiger partial charge in [-0.1, -0.05) is 0 Å². The average Bonchev–Trinajstić information content (AvgIpc) is 2.19. The number of carbonyl (C=O) groups is 2. The Morgan fingerprint density at radius 2 is 1.33 bits per heavy atom. The molecule has 0 saturated carbocycles. The summed E-state index contributed by atoms with van der Waals surface area (Å²) in [6.45, 7) is 0. The largest absolute Gasteiger partial charge is 1.00 e. The van der Waals surface area contributed by atoms with Crippen molar-refractivity contribution in [3.05, 3.63) is 0 Å². The Morgan fingerprint density at radius 3 is 1.33 bits per heavy atom. The molecule has 0 spiro atoms. The van der Waals surface area contributed by atoms with E-state index >= 15 is 0 Å². The Bertz CT molecular complexity index is 245. The van der Waals surface area contributed by atoms with Gasteiger partial charge >= 0.3 is 10.9 Å². The van der Waals surface area contributed by atoms with Crippen LogP contribution in [0.1, 0.15) is 0 Å². The Labute approximate surface area is 127 Å². The van der Waals surface area contributed by atoms with E-state index in [1.54, 1.807) is 18.7 Å². The highest BCUT2D eigenvalue weighted by atomic mass is 35.5. The van der Waals surface area contributed by atoms with E-state index in [4.69, 9.17) is 26.0 Å². The molecule has 108 valence electrons. The molecule has 0 bridgehead atoms. The number of amides is 1. The zero-order valence-corrected chi connectivity index (χ0v) is 13.2. The summed E-state index contributed by atoms with van der Waals surface area (Å²) in [5.41, 5.74) is 1.47. The summed E-state index contributed by atoms with van der Waals surface area (Å²) >= 11 is 13.9. The van der Waals surface area contributed by atoms with Crippen molar-refractivity contribution in [1.82, 2.24) is 4.90 Å². The van der Waals surface area contributed by atoms with Crippen LogP contribution >= 0.6 is 34.8 Å². The third-order valence-electron chi connectivity index (χ3n) is 0.406. The first-order chi connectivity index (χ1) is 7.69. The summed E-state index contributed by atoms with van der Waals surface area (Å²) in [6.07, 6.45) is 1.00. The number of hydrogen-bond donors (Lipinski definition) is 0. The highest BCUT2D eigenvalue weighted by Gasteiger charge is 1.72. The number of rotatable bonds is 1. The van der Waals surface area contributed by atoms with E-state index < -0.39 is 4.70 Å². The number of nitrogens with zero attached hydrogens (tertiary/aromatic N) is 2. The van der Waals surface area contributed by atoms with E-state index in [0.717, 1.165) is 6.41 Å². The minimum Gasteiger partial charge on any atom is -1.00 e. The Hall–Kier alpha value is -0.650. The van der Waals surface area contributed by atoms with Gasteiger partial charge in [0.15, 0.2) is 0 Å². The van der Waals surface area contributed by atoms with Crippen molar-refractivity contribution >= 4 is 57.7 Å². The molecular weight excluding hydrogens is 330 g/mol. The summed E-state index contributed by atoms with van der Waals surface area (Å²) in [7, 11) is 7.11. The molecule has 0 heterocycles. The molecule has 0 fully saturated rings. The van der Waals surface area contributed by atoms with Gasteiger partial charge in [-0.05, 0) is 34.8 Å². The maximum atomic E-state index is 9.43. The fourth-order valence-electron chi connectivity index (χ4n) is 0. The van der Waals surface area contributed by atoms with E-state index in [0.29, 0.717) is 0 Å². The maximum Gasteiger partial charge on any atom is 0.373 e. The summed E-state index contributed by atoms with van der Waals surface area (Å²) in [4.78, 5) is 36.1. The summed E-state index contributed by atoms with van der Waals surface area (Å²) in [6, 6.07) is 0. The molecule has 0 radical (unpaired) electrons. The van der Waals surface area contributed by atoms with Crippen LogP contribution in [0.4, 0.5) is 4.79 Å². The molecule has 0 saturated heterocycles. The molecule has 6 nitrogen and oxygen atoms in total. The van der Waals surface area contributed by atoms with Gasteiger partial charge < -0.3 is 17.3 Å². The minimum absolute atomic E-state index is 0. The van der Waals surface area contributed by atoms with Gasteiger partial charge in [-0.25, -0.2) is 4.58 Å². The van der Waals surface area contributed by atoms with Crippen molar-refractivity contribution in [2.75, 3.05) is 28.2 Å². The zero-order chi connectivity index (χ0) is 14.9. The zero-order valence-electron chi connectivity index (χ0n) is 10.2. The predicted octanol–water partition coefficient (Wildman–Crippen LogP) is -1.77. The lowest BCUT2D eigenvalue weighted by atomic mass is 11.0. The van der Waals surface area contributed by atoms with Gasteiger partial charge in [-0.15, -0.1) is 0 Å². The van der Waals surface area contributed by atoms with Crippen LogP contribution < -0.4 is 12.4 Å². The molecule has 0 N–H and O–H groups in total. The van der Waals surface area contributed by atoms with E-state index in [1.165, 1.54) is 10.6 Å². The molecule has 0 unspecified atom stereocenters. The molecule has 0 aliphatic heterocycles. The van der Waals surface area contributed by atoms with Crippen molar-refractivity contribution in [2.45, 2.75) is 0 Å². The lowest BCUT2D eigenvalue weighted by Gasteiger charge is -1.93. The lowest BCUT2D eigenvalue weighted by Crippen LogP contribution is -3.00. The Kier molecular flexibility index (Phi) is 50.5. The molecule has 0 rings (SSSR count). The lowest BCUT2D eigenvalue weighted by molar-refractivity contribution is -0.457. The number of hydrogen-bond acceptors (Lipinski definition) is 4. The number of halogens is 4. The van der Waals surface area contributed by atoms with Crippen LogP contribution in [0.2, 0.25) is 0 Å². The second-order valence-corrected chi connectivity index (χ2v) is 3.51. The summed E-state index contributed by atoms with van der Waals surface area (Å²) < 4.78 is 0.877. The second-order valence-electron chi connectivity index (χ2n) is 2.44. The summed E-state index contributed by atoms with van der Waals surface area (Å²) in [5, 5.41) is 0. The highest BCUT2D eigenvalue weighted by Crippen LogP contribution is 1.84. The monoisotopic (exact) mass is 342 g/mol. The molecule has 0 aliphatic carbocycles. The molecule has 0 aromatic carbocycles. The number of carbonyl (C=O) groups excluding carboxylic acids is 4. The van der Waals surface area contributed by atoms with Crippen molar-refractivity contribution in [3.8, 4) is 0 Å². The predicted molar refractivity (Wildman–Crippen MR) is 65.9 cm³/mol. The fourth-order valence-corrected chi connectivity index (χ4v) is 0. The smallest absolute Gasteiger partial charge is 0.373 e. The maximum absolute atomic E-state index is 9.43. The Balaban J connectivity index is -0.0000000417. The van der Waals surface area contributed by atoms with E-state index in [1.807, 2.05) is 14.1 Å². The van der Waals surface area contributed by atoms with Crippen molar-refractivity contribution in [3.63, 3.8) is 0 Å². The highest BCUT2D eigenvalue weighted by molar-refractivity contribution is 6.93. The molecule has 18 heavy (non-hydrogen) atoms. The fraction of sp³-hybridized carbons (Fsp3) is 0.500. The van der Waals surface area contributed by atoms with Gasteiger partial charge in [0.1, 0.15) is 14.1 Å². The molecule has 0 atom stereocenters. The first-order valence-corrected chi connectivity index (χ1v) is 4.94. The first kappa shape index (κ1) is 30.4. The second kappa shape index (κ2) is 29.9. The van der Waals surface area contributed by atoms with E-state index in [9.17, 15) is 4.79 Å². The van der Waals surface area contributed by atoms with E-state index in [-0.39, 0.29) is 18.6 Å². The van der Waals surface area contributed by atoms with Gasteiger partial charge in [-0.3, -0.25) is 9.59 Å². The van der Waals surface area contributed by atoms with Crippen LogP contribution in [0.25, 0.3) is 0 Å². The van der Waals surface area contributed by atoms with Crippen LogP contribution in [-0.4, -0.2) is 60.6 Å².